The fraction of sp³-hybridized carbons (Fsp3) is 0.778. The number of hydrogen-bond acceptors (Lipinski definition) is 5. The maximum absolute atomic E-state index is 11.5. The van der Waals surface area contributed by atoms with Gasteiger partial charge in [0.05, 0.1) is 6.04 Å². The first kappa shape index (κ1) is 18.0. The molecular formula is C9H20N3O6P. The van der Waals surface area contributed by atoms with Crippen LogP contribution >= 0.6 is 7.60 Å². The third kappa shape index (κ3) is 5.25. The molecule has 0 aromatic heterocycles. The third-order valence-electron chi connectivity index (χ3n) is 2.61. The Kier molecular flexibility index (Phi) is 6.61. The lowest BCUT2D eigenvalue weighted by Gasteiger charge is -2.28. The summed E-state index contributed by atoms with van der Waals surface area (Å²) in [4.78, 5) is 41.0. The minimum Gasteiger partial charge on any atom is -0.480 e. The van der Waals surface area contributed by atoms with E-state index in [0.29, 0.717) is 0 Å². The zero-order valence-corrected chi connectivity index (χ0v) is 11.6. The monoisotopic (exact) mass is 297 g/mol. The summed E-state index contributed by atoms with van der Waals surface area (Å²) < 4.78 is 11.3. The van der Waals surface area contributed by atoms with Gasteiger partial charge in [0.1, 0.15) is 11.7 Å². The van der Waals surface area contributed by atoms with Gasteiger partial charge in [0, 0.05) is 6.04 Å². The Bertz CT molecular complexity index is 382. The van der Waals surface area contributed by atoms with E-state index in [9.17, 15) is 14.2 Å². The molecule has 1 amide bonds. The summed E-state index contributed by atoms with van der Waals surface area (Å²) in [5, 5.41) is 11.0. The molecule has 0 aliphatic heterocycles. The van der Waals surface area contributed by atoms with Gasteiger partial charge in [0.15, 0.2) is 0 Å². The van der Waals surface area contributed by atoms with Gasteiger partial charge in [-0.15, -0.1) is 0 Å². The lowest BCUT2D eigenvalue weighted by molar-refractivity contribution is -0.142. The Balaban J connectivity index is 5.25. The van der Waals surface area contributed by atoms with Crippen molar-refractivity contribution in [2.45, 2.75) is 44.1 Å². The van der Waals surface area contributed by atoms with E-state index in [0.717, 1.165) is 0 Å². The van der Waals surface area contributed by atoms with Crippen LogP contribution in [0.25, 0.3) is 0 Å². The summed E-state index contributed by atoms with van der Waals surface area (Å²) in [7, 11) is -4.80. The minimum absolute atomic E-state index is 0.261. The number of carboxylic acid groups (broad SMARTS) is 1. The summed E-state index contributed by atoms with van der Waals surface area (Å²) in [5.74, 6) is -2.38. The van der Waals surface area contributed by atoms with Crippen molar-refractivity contribution in [2.24, 2.45) is 11.5 Å². The molecule has 4 atom stereocenters. The van der Waals surface area contributed by atoms with E-state index < -0.39 is 43.3 Å². The van der Waals surface area contributed by atoms with Crippen LogP contribution in [-0.4, -0.2) is 50.6 Å². The number of hydrogen-bond donors (Lipinski definition) is 6. The van der Waals surface area contributed by atoms with E-state index in [2.05, 4.69) is 0 Å². The molecule has 0 saturated carbocycles. The van der Waals surface area contributed by atoms with E-state index in [1.165, 1.54) is 6.92 Å². The standard InChI is InChI=1S/C9H20N3O6P/c1-3-5(11)8(13)12-6(9(14)15)7(4(2)10)19(16,17)18/h4-7H,3,10-11H2,1-2H3,(H,12,13)(H,14,15)(H2,16,17,18). The summed E-state index contributed by atoms with van der Waals surface area (Å²) in [6.07, 6.45) is 0.261. The van der Waals surface area contributed by atoms with Crippen LogP contribution in [0.3, 0.4) is 0 Å². The summed E-state index contributed by atoms with van der Waals surface area (Å²) in [6.45, 7) is 2.87. The van der Waals surface area contributed by atoms with Gasteiger partial charge in [0.2, 0.25) is 5.91 Å². The molecule has 0 saturated heterocycles. The number of carbonyl (C=O) groups excluding carboxylic acids is 1. The molecule has 0 aliphatic rings. The first-order chi connectivity index (χ1) is 8.52. The molecule has 19 heavy (non-hydrogen) atoms. The molecule has 0 aromatic carbocycles. The average molecular weight is 297 g/mol. The zero-order valence-electron chi connectivity index (χ0n) is 10.7. The maximum atomic E-state index is 11.5. The van der Waals surface area contributed by atoms with Crippen LogP contribution in [0.2, 0.25) is 0 Å². The number of aliphatic carboxylic acids is 1. The number of nitrogens with two attached hydrogens (primary N) is 2. The number of nitrogens with one attached hydrogen (secondary N) is 1. The molecule has 0 spiro atoms. The fourth-order valence-corrected chi connectivity index (χ4v) is 2.75. The number of carboxylic acids is 1. The molecule has 0 aromatic rings. The summed E-state index contributed by atoms with van der Waals surface area (Å²) in [5.41, 5.74) is 9.10. The van der Waals surface area contributed by atoms with Gasteiger partial charge in [-0.3, -0.25) is 9.36 Å². The predicted molar refractivity (Wildman–Crippen MR) is 67.3 cm³/mol. The van der Waals surface area contributed by atoms with Gasteiger partial charge >= 0.3 is 13.6 Å². The molecule has 0 aliphatic carbocycles. The van der Waals surface area contributed by atoms with Crippen LogP contribution in [0.4, 0.5) is 0 Å². The Morgan fingerprint density at radius 3 is 2.05 bits per heavy atom. The van der Waals surface area contributed by atoms with Gasteiger partial charge in [-0.1, -0.05) is 6.92 Å². The van der Waals surface area contributed by atoms with Gasteiger partial charge in [-0.25, -0.2) is 4.79 Å². The highest BCUT2D eigenvalue weighted by Gasteiger charge is 2.44. The molecule has 0 radical (unpaired) electrons. The molecule has 8 N–H and O–H groups in total. The third-order valence-corrected chi connectivity index (χ3v) is 4.15. The maximum Gasteiger partial charge on any atom is 0.332 e. The topological polar surface area (TPSA) is 176 Å². The van der Waals surface area contributed by atoms with E-state index in [1.807, 2.05) is 5.32 Å². The van der Waals surface area contributed by atoms with Crippen molar-refractivity contribution in [1.82, 2.24) is 5.32 Å². The van der Waals surface area contributed by atoms with Crippen molar-refractivity contribution in [3.8, 4) is 0 Å². The lowest BCUT2D eigenvalue weighted by Crippen LogP contribution is -2.57. The SMILES string of the molecule is CCC(N)C(=O)NC(C(=O)O)C(C(C)N)P(=O)(O)O. The Labute approximate surface area is 110 Å². The largest absolute Gasteiger partial charge is 0.480 e. The van der Waals surface area contributed by atoms with E-state index >= 15 is 0 Å². The highest BCUT2D eigenvalue weighted by atomic mass is 31.2. The number of rotatable bonds is 7. The molecule has 4 unspecified atom stereocenters. The number of carbonyl (C=O) groups is 2. The Morgan fingerprint density at radius 1 is 1.32 bits per heavy atom. The molecule has 10 heteroatoms. The van der Waals surface area contributed by atoms with E-state index in [1.54, 1.807) is 6.92 Å². The molecule has 0 heterocycles. The van der Waals surface area contributed by atoms with E-state index in [-0.39, 0.29) is 6.42 Å². The highest BCUT2D eigenvalue weighted by Crippen LogP contribution is 2.44. The summed E-state index contributed by atoms with van der Waals surface area (Å²) in [6, 6.07) is -3.88. The lowest BCUT2D eigenvalue weighted by atomic mass is 10.1. The average Bonchev–Trinajstić information content (AvgIpc) is 2.24. The smallest absolute Gasteiger partial charge is 0.332 e. The fourth-order valence-electron chi connectivity index (χ4n) is 1.54. The van der Waals surface area contributed by atoms with Gasteiger partial charge in [0.25, 0.3) is 0 Å². The van der Waals surface area contributed by atoms with Gasteiger partial charge in [-0.05, 0) is 13.3 Å². The van der Waals surface area contributed by atoms with Crippen molar-refractivity contribution in [3.63, 3.8) is 0 Å². The van der Waals surface area contributed by atoms with Crippen LogP contribution in [0, 0.1) is 0 Å². The minimum atomic E-state index is -4.80. The highest BCUT2D eigenvalue weighted by molar-refractivity contribution is 7.52. The second kappa shape index (κ2) is 6.97. The second-order valence-electron chi connectivity index (χ2n) is 4.28. The van der Waals surface area contributed by atoms with Gasteiger partial charge in [-0.2, -0.15) is 0 Å². The predicted octanol–water partition coefficient (Wildman–Crippen LogP) is -1.81. The van der Waals surface area contributed by atoms with Crippen LogP contribution < -0.4 is 16.8 Å². The van der Waals surface area contributed by atoms with Crippen molar-refractivity contribution in [2.75, 3.05) is 0 Å². The molecule has 0 fully saturated rings. The van der Waals surface area contributed by atoms with Crippen molar-refractivity contribution in [1.29, 1.82) is 0 Å². The molecule has 9 nitrogen and oxygen atoms in total. The van der Waals surface area contributed by atoms with Gasteiger partial charge < -0.3 is 31.7 Å². The zero-order chi connectivity index (χ0) is 15.4. The second-order valence-corrected chi connectivity index (χ2v) is 6.05. The van der Waals surface area contributed by atoms with Crippen LogP contribution in [-0.2, 0) is 14.2 Å². The Morgan fingerprint density at radius 2 is 1.79 bits per heavy atom. The first-order valence-corrected chi connectivity index (χ1v) is 7.30. The molecular weight excluding hydrogens is 277 g/mol. The quantitative estimate of drug-likeness (QED) is 0.298. The number of amides is 1. The Hall–Kier alpha value is -0.990. The first-order valence-electron chi connectivity index (χ1n) is 5.61. The van der Waals surface area contributed by atoms with Crippen LogP contribution in [0.15, 0.2) is 0 Å². The van der Waals surface area contributed by atoms with Crippen molar-refractivity contribution < 1.29 is 29.0 Å². The van der Waals surface area contributed by atoms with Crippen molar-refractivity contribution in [3.05, 3.63) is 0 Å². The molecule has 112 valence electrons. The van der Waals surface area contributed by atoms with Crippen LogP contribution in [0.1, 0.15) is 20.3 Å². The van der Waals surface area contributed by atoms with E-state index in [4.69, 9.17) is 26.4 Å². The van der Waals surface area contributed by atoms with Crippen molar-refractivity contribution >= 4 is 19.5 Å². The molecule has 0 rings (SSSR count). The normalized spacial score (nSPS) is 18.2. The molecule has 0 bridgehead atoms. The summed E-state index contributed by atoms with van der Waals surface area (Å²) >= 11 is 0. The van der Waals surface area contributed by atoms with Crippen LogP contribution in [0.5, 0.6) is 0 Å².